The van der Waals surface area contributed by atoms with Crippen LogP contribution >= 0.6 is 11.6 Å². The summed E-state index contributed by atoms with van der Waals surface area (Å²) < 4.78 is 38.9. The van der Waals surface area contributed by atoms with Gasteiger partial charge in [0.25, 0.3) is 15.9 Å². The van der Waals surface area contributed by atoms with E-state index in [1.165, 1.54) is 50.6 Å². The van der Waals surface area contributed by atoms with Crippen LogP contribution in [0, 0.1) is 0 Å². The van der Waals surface area contributed by atoms with E-state index >= 15 is 0 Å². The number of amides is 1. The molecule has 4 rings (SSSR count). The van der Waals surface area contributed by atoms with Gasteiger partial charge in [-0.3, -0.25) is 9.52 Å². The minimum absolute atomic E-state index is 0.0297. The van der Waals surface area contributed by atoms with Gasteiger partial charge in [-0.25, -0.2) is 13.8 Å². The van der Waals surface area contributed by atoms with Crippen molar-refractivity contribution < 1.29 is 27.8 Å². The number of nitrogens with one attached hydrogen (secondary N) is 2. The molecule has 0 saturated heterocycles. The molecule has 182 valence electrons. The number of hydrazone groups is 1. The van der Waals surface area contributed by atoms with Gasteiger partial charge in [0.15, 0.2) is 0 Å². The van der Waals surface area contributed by atoms with E-state index in [0.29, 0.717) is 40.6 Å². The summed E-state index contributed by atoms with van der Waals surface area (Å²) in [5, 5.41) is 14.9. The number of phenolic OH excluding ortho intramolecular Hbond substituents is 1. The first-order valence-electron chi connectivity index (χ1n) is 10.5. The van der Waals surface area contributed by atoms with Crippen molar-refractivity contribution in [1.29, 1.82) is 0 Å². The Kier molecular flexibility index (Phi) is 6.86. The van der Waals surface area contributed by atoms with E-state index in [0.717, 1.165) is 5.56 Å². The molecule has 11 heteroatoms. The number of carbonyl (C=O) groups is 1. The number of aromatic hydroxyl groups is 1. The lowest BCUT2D eigenvalue weighted by molar-refractivity contribution is 0.0954. The summed E-state index contributed by atoms with van der Waals surface area (Å²) in [6.45, 7) is 0. The monoisotopic (exact) mass is 515 g/mol. The predicted molar refractivity (Wildman–Crippen MR) is 132 cm³/mol. The number of phenols is 1. The molecule has 0 fully saturated rings. The number of benzene rings is 3. The van der Waals surface area contributed by atoms with Crippen molar-refractivity contribution in [3.8, 4) is 17.2 Å². The molecule has 3 aromatic rings. The summed E-state index contributed by atoms with van der Waals surface area (Å²) in [7, 11) is -1.17. The Balaban J connectivity index is 1.56. The average molecular weight is 516 g/mol. The summed E-state index contributed by atoms with van der Waals surface area (Å²) in [5.74, 6) is 0.168. The predicted octanol–water partition coefficient (Wildman–Crippen LogP) is 3.94. The van der Waals surface area contributed by atoms with Crippen molar-refractivity contribution in [2.24, 2.45) is 5.10 Å². The highest BCUT2D eigenvalue weighted by Gasteiger charge is 2.24. The Bertz CT molecular complexity index is 1440. The number of nitrogens with zero attached hydrogens (tertiary/aromatic N) is 1. The lowest BCUT2D eigenvalue weighted by Crippen LogP contribution is -2.20. The Morgan fingerprint density at radius 1 is 1.06 bits per heavy atom. The van der Waals surface area contributed by atoms with Gasteiger partial charge in [0.1, 0.15) is 17.2 Å². The van der Waals surface area contributed by atoms with Crippen LogP contribution < -0.4 is 19.6 Å². The van der Waals surface area contributed by atoms with Crippen LogP contribution in [0.1, 0.15) is 27.9 Å². The molecule has 9 nitrogen and oxygen atoms in total. The van der Waals surface area contributed by atoms with Crippen LogP contribution in [0.15, 0.2) is 64.6 Å². The van der Waals surface area contributed by atoms with Crippen molar-refractivity contribution in [1.82, 2.24) is 5.43 Å². The van der Waals surface area contributed by atoms with Gasteiger partial charge in [-0.15, -0.1) is 0 Å². The number of halogens is 1. The topological polar surface area (TPSA) is 126 Å². The SMILES string of the molecule is COc1ccc(OC)c(NS(=O)(=O)c2cccc(C(=O)N/N=C3\CCc4c(Cl)ccc(O)c43)c2)c1. The number of fused-ring (bicyclic) bond motifs is 1. The summed E-state index contributed by atoms with van der Waals surface area (Å²) in [6, 6.07) is 13.3. The fourth-order valence-corrected chi connectivity index (χ4v) is 5.10. The highest BCUT2D eigenvalue weighted by molar-refractivity contribution is 7.92. The molecule has 0 bridgehead atoms. The molecule has 1 aliphatic carbocycles. The third kappa shape index (κ3) is 5.03. The fourth-order valence-electron chi connectivity index (χ4n) is 3.74. The highest BCUT2D eigenvalue weighted by Crippen LogP contribution is 2.35. The van der Waals surface area contributed by atoms with Crippen molar-refractivity contribution >= 4 is 38.9 Å². The number of carbonyl (C=O) groups excluding carboxylic acids is 1. The summed E-state index contributed by atoms with van der Waals surface area (Å²) >= 11 is 6.19. The molecule has 35 heavy (non-hydrogen) atoms. The maximum Gasteiger partial charge on any atom is 0.271 e. The molecule has 0 atom stereocenters. The molecule has 1 aliphatic rings. The first-order chi connectivity index (χ1) is 16.7. The second-order valence-electron chi connectivity index (χ2n) is 7.62. The summed E-state index contributed by atoms with van der Waals surface area (Å²) in [6.07, 6.45) is 1.08. The maximum absolute atomic E-state index is 13.0. The van der Waals surface area contributed by atoms with Crippen LogP contribution in [0.4, 0.5) is 5.69 Å². The molecule has 3 aromatic carbocycles. The second kappa shape index (κ2) is 9.85. The molecule has 0 radical (unpaired) electrons. The summed E-state index contributed by atoms with van der Waals surface area (Å²) in [5.41, 5.74) is 4.47. The quantitative estimate of drug-likeness (QED) is 0.409. The molecule has 0 heterocycles. The van der Waals surface area contributed by atoms with Crippen molar-refractivity contribution in [2.45, 2.75) is 17.7 Å². The molecule has 3 N–H and O–H groups in total. The second-order valence-corrected chi connectivity index (χ2v) is 9.71. The zero-order chi connectivity index (χ0) is 25.2. The Morgan fingerprint density at radius 2 is 1.86 bits per heavy atom. The number of rotatable bonds is 7. The third-order valence-electron chi connectivity index (χ3n) is 5.48. The average Bonchev–Trinajstić information content (AvgIpc) is 3.30. The van der Waals surface area contributed by atoms with Gasteiger partial charge in [-0.05, 0) is 60.9 Å². The van der Waals surface area contributed by atoms with E-state index in [2.05, 4.69) is 15.2 Å². The molecule has 0 aliphatic heterocycles. The smallest absolute Gasteiger partial charge is 0.271 e. The number of hydrogen-bond donors (Lipinski definition) is 3. The van der Waals surface area contributed by atoms with Gasteiger partial charge in [0.2, 0.25) is 0 Å². The van der Waals surface area contributed by atoms with E-state index in [1.807, 2.05) is 0 Å². The first kappa shape index (κ1) is 24.4. The number of methoxy groups -OCH3 is 2. The normalized spacial score (nSPS) is 13.9. The summed E-state index contributed by atoms with van der Waals surface area (Å²) in [4.78, 5) is 12.6. The van der Waals surface area contributed by atoms with Gasteiger partial charge in [-0.2, -0.15) is 5.10 Å². The minimum Gasteiger partial charge on any atom is -0.507 e. The van der Waals surface area contributed by atoms with Crippen LogP contribution in [-0.4, -0.2) is 39.4 Å². The van der Waals surface area contributed by atoms with Crippen molar-refractivity contribution in [2.75, 3.05) is 18.9 Å². The Morgan fingerprint density at radius 3 is 2.60 bits per heavy atom. The van der Waals surface area contributed by atoms with E-state index in [-0.39, 0.29) is 21.9 Å². The van der Waals surface area contributed by atoms with Gasteiger partial charge >= 0.3 is 0 Å². The van der Waals surface area contributed by atoms with Crippen molar-refractivity contribution in [3.05, 3.63) is 76.3 Å². The van der Waals surface area contributed by atoms with Crippen LogP contribution in [0.3, 0.4) is 0 Å². The van der Waals surface area contributed by atoms with E-state index in [4.69, 9.17) is 21.1 Å². The van der Waals surface area contributed by atoms with Gasteiger partial charge in [-0.1, -0.05) is 17.7 Å². The molecular weight excluding hydrogens is 494 g/mol. The molecule has 0 unspecified atom stereocenters. The zero-order valence-electron chi connectivity index (χ0n) is 18.8. The van der Waals surface area contributed by atoms with Crippen LogP contribution in [0.25, 0.3) is 0 Å². The van der Waals surface area contributed by atoms with Crippen LogP contribution in [-0.2, 0) is 16.4 Å². The minimum atomic E-state index is -4.06. The van der Waals surface area contributed by atoms with Gasteiger partial charge in [0.05, 0.1) is 30.5 Å². The molecule has 0 saturated carbocycles. The molecule has 0 aromatic heterocycles. The number of hydrogen-bond acceptors (Lipinski definition) is 7. The van der Waals surface area contributed by atoms with E-state index in [9.17, 15) is 18.3 Å². The lowest BCUT2D eigenvalue weighted by Gasteiger charge is -2.13. The molecular formula is C24H22ClN3O6S. The Hall–Kier alpha value is -3.76. The number of ether oxygens (including phenoxy) is 2. The van der Waals surface area contributed by atoms with Gasteiger partial charge < -0.3 is 14.6 Å². The van der Waals surface area contributed by atoms with Crippen LogP contribution in [0.5, 0.6) is 17.2 Å². The first-order valence-corrected chi connectivity index (χ1v) is 12.3. The van der Waals surface area contributed by atoms with E-state index < -0.39 is 15.9 Å². The molecule has 1 amide bonds. The van der Waals surface area contributed by atoms with Crippen molar-refractivity contribution in [3.63, 3.8) is 0 Å². The van der Waals surface area contributed by atoms with Crippen LogP contribution in [0.2, 0.25) is 5.02 Å². The van der Waals surface area contributed by atoms with E-state index in [1.54, 1.807) is 18.2 Å². The maximum atomic E-state index is 13.0. The fraction of sp³-hybridized carbons (Fsp3) is 0.167. The lowest BCUT2D eigenvalue weighted by atomic mass is 10.1. The molecule has 0 spiro atoms. The zero-order valence-corrected chi connectivity index (χ0v) is 20.4. The number of sulfonamides is 1. The Labute approximate surface area is 207 Å². The highest BCUT2D eigenvalue weighted by atomic mass is 35.5. The van der Waals surface area contributed by atoms with Gasteiger partial charge in [0, 0.05) is 22.2 Å². The number of anilines is 1. The standard InChI is InChI=1S/C24H22ClN3O6S/c1-33-15-6-11-22(34-2)20(13-15)28-35(31,32)16-5-3-4-14(12-16)24(30)27-26-19-9-7-17-18(25)8-10-21(29)23(17)19/h3-6,8,10-13,28-29H,7,9H2,1-2H3,(H,27,30)/b26-19+. The largest absolute Gasteiger partial charge is 0.507 e. The third-order valence-corrected chi connectivity index (χ3v) is 7.20.